The van der Waals surface area contributed by atoms with Crippen LogP contribution in [0.15, 0.2) is 66.9 Å². The minimum atomic E-state index is -0.325. The Morgan fingerprint density at radius 3 is 2.61 bits per heavy atom. The first-order valence-corrected chi connectivity index (χ1v) is 8.83. The topological polar surface area (TPSA) is 68.5 Å². The zero-order valence-electron chi connectivity index (χ0n) is 15.2. The van der Waals surface area contributed by atoms with Gasteiger partial charge in [0, 0.05) is 43.0 Å². The number of rotatable bonds is 4. The number of aromatic nitrogens is 1. The summed E-state index contributed by atoms with van der Waals surface area (Å²) < 4.78 is 5.87. The van der Waals surface area contributed by atoms with Crippen LogP contribution >= 0.6 is 12.4 Å². The fourth-order valence-electron chi connectivity index (χ4n) is 3.41. The summed E-state index contributed by atoms with van der Waals surface area (Å²) in [6.45, 7) is 2.29. The second-order valence-electron chi connectivity index (χ2n) is 6.45. The van der Waals surface area contributed by atoms with Crippen LogP contribution in [0.2, 0.25) is 0 Å². The van der Waals surface area contributed by atoms with Crippen molar-refractivity contribution in [1.82, 2.24) is 9.88 Å². The first-order valence-electron chi connectivity index (χ1n) is 8.83. The molecule has 0 radical (unpaired) electrons. The molecule has 0 fully saturated rings. The van der Waals surface area contributed by atoms with Gasteiger partial charge in [-0.1, -0.05) is 48.5 Å². The van der Waals surface area contributed by atoms with Gasteiger partial charge in [-0.15, -0.1) is 12.4 Å². The van der Waals surface area contributed by atoms with Gasteiger partial charge in [-0.3, -0.25) is 15.0 Å². The molecule has 2 heterocycles. The molecule has 0 atom stereocenters. The molecule has 1 aliphatic rings. The molecule has 0 N–H and O–H groups in total. The molecular weight excluding hydrogens is 378 g/mol. The van der Waals surface area contributed by atoms with Crippen LogP contribution in [0.1, 0.15) is 11.1 Å². The van der Waals surface area contributed by atoms with Gasteiger partial charge in [0.15, 0.2) is 0 Å². The Morgan fingerprint density at radius 1 is 1.07 bits per heavy atom. The Hall–Kier alpha value is -2.96. The van der Waals surface area contributed by atoms with Gasteiger partial charge in [0.2, 0.25) is 5.88 Å². The lowest BCUT2D eigenvalue weighted by Gasteiger charge is -2.20. The maximum Gasteiger partial charge on any atom is 0.273 e. The summed E-state index contributed by atoms with van der Waals surface area (Å²) in [5, 5.41) is 11.3. The largest absolute Gasteiger partial charge is 0.476 e. The number of nitro groups is 1. The van der Waals surface area contributed by atoms with Crippen molar-refractivity contribution in [2.75, 3.05) is 13.2 Å². The summed E-state index contributed by atoms with van der Waals surface area (Å²) in [6, 6.07) is 19.0. The molecule has 0 amide bonds. The minimum absolute atomic E-state index is 0. The fourth-order valence-corrected chi connectivity index (χ4v) is 3.41. The molecule has 0 saturated carbocycles. The van der Waals surface area contributed by atoms with E-state index in [4.69, 9.17) is 4.74 Å². The third-order valence-corrected chi connectivity index (χ3v) is 4.71. The smallest absolute Gasteiger partial charge is 0.273 e. The summed E-state index contributed by atoms with van der Waals surface area (Å²) in [6.07, 6.45) is 1.76. The number of para-hydroxylation sites is 1. The van der Waals surface area contributed by atoms with Gasteiger partial charge in [-0.25, -0.2) is 4.98 Å². The Balaban J connectivity index is 0.00000225. The SMILES string of the molecule is Cl.O=[N+]([O-])c1ccccc1CN1CCOc2nccc(-c3ccccc3)c2C1. The molecule has 28 heavy (non-hydrogen) atoms. The molecule has 0 aliphatic carbocycles. The number of nitro benzene ring substituents is 1. The molecule has 3 aromatic rings. The number of fused-ring (bicyclic) bond motifs is 1. The third-order valence-electron chi connectivity index (χ3n) is 4.71. The first-order chi connectivity index (χ1) is 13.2. The van der Waals surface area contributed by atoms with Crippen molar-refractivity contribution in [2.45, 2.75) is 13.1 Å². The van der Waals surface area contributed by atoms with Crippen LogP contribution in [0.4, 0.5) is 5.69 Å². The van der Waals surface area contributed by atoms with E-state index in [-0.39, 0.29) is 23.0 Å². The van der Waals surface area contributed by atoms with Crippen LogP contribution in [0.5, 0.6) is 5.88 Å². The number of hydrogen-bond donors (Lipinski definition) is 0. The van der Waals surface area contributed by atoms with Crippen LogP contribution in [0, 0.1) is 10.1 Å². The van der Waals surface area contributed by atoms with Gasteiger partial charge < -0.3 is 4.74 Å². The molecule has 0 bridgehead atoms. The number of ether oxygens (including phenoxy) is 1. The van der Waals surface area contributed by atoms with E-state index in [0.717, 1.165) is 16.7 Å². The quantitative estimate of drug-likeness (QED) is 0.479. The Morgan fingerprint density at radius 2 is 1.82 bits per heavy atom. The van der Waals surface area contributed by atoms with Gasteiger partial charge in [-0.05, 0) is 17.2 Å². The van der Waals surface area contributed by atoms with E-state index in [1.165, 1.54) is 0 Å². The zero-order chi connectivity index (χ0) is 18.6. The third kappa shape index (κ3) is 4.13. The van der Waals surface area contributed by atoms with Crippen molar-refractivity contribution in [3.05, 3.63) is 88.1 Å². The second kappa shape index (κ2) is 8.82. The minimum Gasteiger partial charge on any atom is -0.476 e. The normalized spacial score (nSPS) is 13.6. The van der Waals surface area contributed by atoms with Crippen LogP contribution < -0.4 is 4.74 Å². The van der Waals surface area contributed by atoms with Crippen LogP contribution in [0.25, 0.3) is 11.1 Å². The van der Waals surface area contributed by atoms with Crippen molar-refractivity contribution in [3.63, 3.8) is 0 Å². The first kappa shape index (κ1) is 19.8. The highest BCUT2D eigenvalue weighted by Gasteiger charge is 2.22. The van der Waals surface area contributed by atoms with Crippen molar-refractivity contribution < 1.29 is 9.66 Å². The van der Waals surface area contributed by atoms with E-state index in [1.807, 2.05) is 36.4 Å². The molecule has 1 aromatic heterocycles. The molecule has 144 valence electrons. The number of halogens is 1. The monoisotopic (exact) mass is 397 g/mol. The van der Waals surface area contributed by atoms with Gasteiger partial charge in [0.25, 0.3) is 5.69 Å². The van der Waals surface area contributed by atoms with E-state index >= 15 is 0 Å². The van der Waals surface area contributed by atoms with Crippen molar-refractivity contribution in [1.29, 1.82) is 0 Å². The Bertz CT molecular complexity index is 966. The summed E-state index contributed by atoms with van der Waals surface area (Å²) in [7, 11) is 0. The number of nitrogens with zero attached hydrogens (tertiary/aromatic N) is 3. The second-order valence-corrected chi connectivity index (χ2v) is 6.45. The maximum atomic E-state index is 11.3. The number of pyridine rings is 1. The van der Waals surface area contributed by atoms with Crippen LogP contribution in [-0.4, -0.2) is 28.0 Å². The van der Waals surface area contributed by atoms with Gasteiger partial charge in [0.05, 0.1) is 4.92 Å². The van der Waals surface area contributed by atoms with E-state index in [0.29, 0.717) is 37.7 Å². The van der Waals surface area contributed by atoms with Crippen molar-refractivity contribution in [2.24, 2.45) is 0 Å². The lowest BCUT2D eigenvalue weighted by atomic mass is 10.0. The highest BCUT2D eigenvalue weighted by atomic mass is 35.5. The summed E-state index contributed by atoms with van der Waals surface area (Å²) in [5.74, 6) is 0.640. The lowest BCUT2D eigenvalue weighted by Crippen LogP contribution is -2.25. The molecule has 2 aromatic carbocycles. The van der Waals surface area contributed by atoms with E-state index in [2.05, 4.69) is 22.0 Å². The van der Waals surface area contributed by atoms with Crippen LogP contribution in [-0.2, 0) is 13.1 Å². The molecule has 0 unspecified atom stereocenters. The molecular formula is C21H20ClN3O3. The molecule has 1 aliphatic heterocycles. The Labute approximate surface area is 169 Å². The zero-order valence-corrected chi connectivity index (χ0v) is 16.0. The molecule has 4 rings (SSSR count). The summed E-state index contributed by atoms with van der Waals surface area (Å²) >= 11 is 0. The van der Waals surface area contributed by atoms with Crippen molar-refractivity contribution >= 4 is 18.1 Å². The highest BCUT2D eigenvalue weighted by Crippen LogP contribution is 2.32. The highest BCUT2D eigenvalue weighted by molar-refractivity contribution is 5.85. The fraction of sp³-hybridized carbons (Fsp3) is 0.190. The predicted octanol–water partition coefficient (Wildman–Crippen LogP) is 4.47. The van der Waals surface area contributed by atoms with Gasteiger partial charge >= 0.3 is 0 Å². The van der Waals surface area contributed by atoms with E-state index in [9.17, 15) is 10.1 Å². The number of benzene rings is 2. The molecule has 7 heteroatoms. The predicted molar refractivity (Wildman–Crippen MR) is 110 cm³/mol. The average Bonchev–Trinajstić information content (AvgIpc) is 2.90. The lowest BCUT2D eigenvalue weighted by molar-refractivity contribution is -0.385. The van der Waals surface area contributed by atoms with E-state index < -0.39 is 0 Å². The summed E-state index contributed by atoms with van der Waals surface area (Å²) in [4.78, 5) is 17.6. The molecule has 0 saturated heterocycles. The Kier molecular flexibility index (Phi) is 6.23. The molecule has 6 nitrogen and oxygen atoms in total. The van der Waals surface area contributed by atoms with Crippen LogP contribution in [0.3, 0.4) is 0 Å². The standard InChI is InChI=1S/C21H19N3O3.ClH/c25-24(26)20-9-5-4-8-17(20)14-23-12-13-27-21-19(15-23)18(10-11-22-21)16-6-2-1-3-7-16;/h1-11H,12-15H2;1H. The van der Waals surface area contributed by atoms with Crippen molar-refractivity contribution in [3.8, 4) is 17.0 Å². The van der Waals surface area contributed by atoms with E-state index in [1.54, 1.807) is 18.3 Å². The molecule has 0 spiro atoms. The van der Waals surface area contributed by atoms with Gasteiger partial charge in [-0.2, -0.15) is 0 Å². The van der Waals surface area contributed by atoms with Gasteiger partial charge in [0.1, 0.15) is 6.61 Å². The maximum absolute atomic E-state index is 11.3. The average molecular weight is 398 g/mol. The summed E-state index contributed by atoms with van der Waals surface area (Å²) in [5.41, 5.74) is 4.05. The number of hydrogen-bond acceptors (Lipinski definition) is 5.